The first-order chi connectivity index (χ1) is 12.7. The van der Waals surface area contributed by atoms with Gasteiger partial charge in [0.05, 0.1) is 12.8 Å². The molecule has 0 aromatic carbocycles. The molecule has 2 saturated heterocycles. The van der Waals surface area contributed by atoms with Crippen LogP contribution < -0.4 is 5.32 Å². The SMILES string of the molecule is CCCN1CCN(CCC(=O)OCOC(=O)CCN2CCNCC2)CC1. The predicted molar refractivity (Wildman–Crippen MR) is 98.8 cm³/mol. The largest absolute Gasteiger partial charge is 0.428 e. The maximum absolute atomic E-state index is 11.8. The maximum Gasteiger partial charge on any atom is 0.309 e. The summed E-state index contributed by atoms with van der Waals surface area (Å²) in [6.45, 7) is 12.4. The van der Waals surface area contributed by atoms with E-state index in [0.29, 0.717) is 25.9 Å². The fourth-order valence-corrected chi connectivity index (χ4v) is 3.29. The summed E-state index contributed by atoms with van der Waals surface area (Å²) < 4.78 is 10.0. The molecule has 2 rings (SSSR count). The van der Waals surface area contributed by atoms with Crippen molar-refractivity contribution in [1.82, 2.24) is 20.0 Å². The molecular weight excluding hydrogens is 336 g/mol. The second-order valence-electron chi connectivity index (χ2n) is 6.93. The van der Waals surface area contributed by atoms with Gasteiger partial charge in [0, 0.05) is 65.4 Å². The molecule has 2 fully saturated rings. The number of nitrogens with one attached hydrogen (secondary N) is 1. The van der Waals surface area contributed by atoms with Gasteiger partial charge in [-0.15, -0.1) is 0 Å². The summed E-state index contributed by atoms with van der Waals surface area (Å²) in [4.78, 5) is 30.4. The Hall–Kier alpha value is -1.22. The van der Waals surface area contributed by atoms with E-state index in [9.17, 15) is 9.59 Å². The number of piperazine rings is 2. The van der Waals surface area contributed by atoms with E-state index >= 15 is 0 Å². The molecule has 2 aliphatic rings. The van der Waals surface area contributed by atoms with Crippen molar-refractivity contribution >= 4 is 11.9 Å². The van der Waals surface area contributed by atoms with E-state index in [1.807, 2.05) is 0 Å². The van der Waals surface area contributed by atoms with Crippen LogP contribution in [-0.4, -0.2) is 105 Å². The van der Waals surface area contributed by atoms with Crippen LogP contribution in [0.2, 0.25) is 0 Å². The predicted octanol–water partition coefficient (Wildman–Crippen LogP) is -0.257. The van der Waals surface area contributed by atoms with Crippen LogP contribution in [0.4, 0.5) is 0 Å². The number of esters is 2. The smallest absolute Gasteiger partial charge is 0.309 e. The van der Waals surface area contributed by atoms with Crippen molar-refractivity contribution in [3.63, 3.8) is 0 Å². The zero-order chi connectivity index (χ0) is 18.6. The molecule has 2 heterocycles. The van der Waals surface area contributed by atoms with Crippen LogP contribution in [0.5, 0.6) is 0 Å². The zero-order valence-corrected chi connectivity index (χ0v) is 16.1. The first kappa shape index (κ1) is 21.1. The quantitative estimate of drug-likeness (QED) is 0.417. The highest BCUT2D eigenvalue weighted by atomic mass is 16.7. The van der Waals surface area contributed by atoms with Crippen molar-refractivity contribution in [2.75, 3.05) is 78.8 Å². The van der Waals surface area contributed by atoms with E-state index in [0.717, 1.165) is 58.9 Å². The van der Waals surface area contributed by atoms with Gasteiger partial charge in [0.1, 0.15) is 0 Å². The van der Waals surface area contributed by atoms with E-state index in [1.165, 1.54) is 6.42 Å². The number of carbonyl (C=O) groups is 2. The Bertz CT molecular complexity index is 421. The van der Waals surface area contributed by atoms with Crippen molar-refractivity contribution in [1.29, 1.82) is 0 Å². The van der Waals surface area contributed by atoms with Crippen LogP contribution >= 0.6 is 0 Å². The summed E-state index contributed by atoms with van der Waals surface area (Å²) in [7, 11) is 0. The van der Waals surface area contributed by atoms with E-state index in [2.05, 4.69) is 26.9 Å². The third-order valence-corrected chi connectivity index (χ3v) is 4.92. The van der Waals surface area contributed by atoms with Gasteiger partial charge < -0.3 is 29.5 Å². The van der Waals surface area contributed by atoms with Crippen molar-refractivity contribution in [3.05, 3.63) is 0 Å². The van der Waals surface area contributed by atoms with Gasteiger partial charge in [-0.2, -0.15) is 0 Å². The van der Waals surface area contributed by atoms with Crippen LogP contribution in [0.1, 0.15) is 26.2 Å². The van der Waals surface area contributed by atoms with E-state index < -0.39 is 0 Å². The molecule has 0 radical (unpaired) electrons. The van der Waals surface area contributed by atoms with Crippen molar-refractivity contribution in [2.45, 2.75) is 26.2 Å². The molecular formula is C18H34N4O4. The van der Waals surface area contributed by atoms with E-state index in [4.69, 9.17) is 9.47 Å². The van der Waals surface area contributed by atoms with Crippen molar-refractivity contribution < 1.29 is 19.1 Å². The summed E-state index contributed by atoms with van der Waals surface area (Å²) in [6.07, 6.45) is 1.85. The van der Waals surface area contributed by atoms with Crippen molar-refractivity contribution in [3.8, 4) is 0 Å². The first-order valence-electron chi connectivity index (χ1n) is 9.86. The molecule has 0 atom stereocenters. The Morgan fingerprint density at radius 1 is 0.769 bits per heavy atom. The third-order valence-electron chi connectivity index (χ3n) is 4.92. The van der Waals surface area contributed by atoms with Crippen LogP contribution in [0.15, 0.2) is 0 Å². The number of ether oxygens (including phenoxy) is 2. The molecule has 0 aromatic rings. The molecule has 8 nitrogen and oxygen atoms in total. The number of hydrogen-bond acceptors (Lipinski definition) is 8. The van der Waals surface area contributed by atoms with E-state index in [1.54, 1.807) is 0 Å². The average Bonchev–Trinajstić information content (AvgIpc) is 2.67. The lowest BCUT2D eigenvalue weighted by molar-refractivity contribution is -0.167. The zero-order valence-electron chi connectivity index (χ0n) is 16.1. The molecule has 0 aromatic heterocycles. The summed E-state index contributed by atoms with van der Waals surface area (Å²) in [5.74, 6) is -0.626. The van der Waals surface area contributed by atoms with Crippen LogP contribution in [-0.2, 0) is 19.1 Å². The highest BCUT2D eigenvalue weighted by molar-refractivity contribution is 5.71. The van der Waals surface area contributed by atoms with Crippen LogP contribution in [0, 0.1) is 0 Å². The minimum atomic E-state index is -0.316. The summed E-state index contributed by atoms with van der Waals surface area (Å²) in [5, 5.41) is 3.27. The lowest BCUT2D eigenvalue weighted by atomic mass is 10.2. The molecule has 0 unspecified atom stereocenters. The van der Waals surface area contributed by atoms with Crippen molar-refractivity contribution in [2.24, 2.45) is 0 Å². The molecule has 2 aliphatic heterocycles. The molecule has 26 heavy (non-hydrogen) atoms. The van der Waals surface area contributed by atoms with E-state index in [-0.39, 0.29) is 18.7 Å². The molecule has 150 valence electrons. The molecule has 0 aliphatic carbocycles. The molecule has 0 bridgehead atoms. The highest BCUT2D eigenvalue weighted by Crippen LogP contribution is 2.04. The van der Waals surface area contributed by atoms with Gasteiger partial charge in [0.25, 0.3) is 0 Å². The summed E-state index contributed by atoms with van der Waals surface area (Å²) >= 11 is 0. The van der Waals surface area contributed by atoms with Crippen LogP contribution in [0.25, 0.3) is 0 Å². The Morgan fingerprint density at radius 3 is 1.73 bits per heavy atom. The van der Waals surface area contributed by atoms with Crippen LogP contribution in [0.3, 0.4) is 0 Å². The fourth-order valence-electron chi connectivity index (χ4n) is 3.29. The number of carbonyl (C=O) groups excluding carboxylic acids is 2. The number of nitrogens with zero attached hydrogens (tertiary/aromatic N) is 3. The van der Waals surface area contributed by atoms with Gasteiger partial charge in [-0.05, 0) is 13.0 Å². The second kappa shape index (κ2) is 12.2. The lowest BCUT2D eigenvalue weighted by Crippen LogP contribution is -2.47. The van der Waals surface area contributed by atoms with Gasteiger partial charge in [-0.25, -0.2) is 0 Å². The second-order valence-corrected chi connectivity index (χ2v) is 6.93. The maximum atomic E-state index is 11.8. The molecule has 0 amide bonds. The summed E-state index contributed by atoms with van der Waals surface area (Å²) in [6, 6.07) is 0. The molecule has 1 N–H and O–H groups in total. The lowest BCUT2D eigenvalue weighted by Gasteiger charge is -2.34. The molecule has 8 heteroatoms. The number of hydrogen-bond donors (Lipinski definition) is 1. The minimum Gasteiger partial charge on any atom is -0.428 e. The van der Waals surface area contributed by atoms with Gasteiger partial charge in [0.2, 0.25) is 6.79 Å². The fraction of sp³-hybridized carbons (Fsp3) is 0.889. The third kappa shape index (κ3) is 8.44. The first-order valence-corrected chi connectivity index (χ1v) is 9.86. The Morgan fingerprint density at radius 2 is 1.23 bits per heavy atom. The van der Waals surface area contributed by atoms with Gasteiger partial charge in [-0.3, -0.25) is 9.59 Å². The minimum absolute atomic E-state index is 0.274. The number of rotatable bonds is 10. The summed E-state index contributed by atoms with van der Waals surface area (Å²) in [5.41, 5.74) is 0. The van der Waals surface area contributed by atoms with Gasteiger partial charge in [-0.1, -0.05) is 6.92 Å². The Balaban J connectivity index is 1.46. The monoisotopic (exact) mass is 370 g/mol. The Kier molecular flexibility index (Phi) is 9.91. The molecule has 0 saturated carbocycles. The Labute approximate surface area is 156 Å². The van der Waals surface area contributed by atoms with Gasteiger partial charge >= 0.3 is 11.9 Å². The standard InChI is InChI=1S/C18H34N4O4/c1-2-7-20-12-14-22(15-13-20)9-4-18(24)26-16-25-17(23)3-8-21-10-5-19-6-11-21/h19H,2-16H2,1H3. The van der Waals surface area contributed by atoms with Gasteiger partial charge in [0.15, 0.2) is 0 Å². The highest BCUT2D eigenvalue weighted by Gasteiger charge is 2.17. The normalized spacial score (nSPS) is 20.0. The molecule has 0 spiro atoms. The average molecular weight is 370 g/mol. The topological polar surface area (TPSA) is 74.4 Å².